The highest BCUT2D eigenvalue weighted by Gasteiger charge is 2.39. The number of ketones is 4. The lowest BCUT2D eigenvalue weighted by Gasteiger charge is -2.30. The Balaban J connectivity index is 1.19. The zero-order valence-electron chi connectivity index (χ0n) is 37.5. The molecule has 5 atom stereocenters. The molecule has 5 unspecified atom stereocenters. The zero-order valence-corrected chi connectivity index (χ0v) is 39.2. The van der Waals surface area contributed by atoms with Crippen molar-refractivity contribution in [1.82, 2.24) is 20.9 Å². The third-order valence-electron chi connectivity index (χ3n) is 11.6. The number of sulfone groups is 1. The average Bonchev–Trinajstić information content (AvgIpc) is 3.77. The molecule has 3 aromatic carbocycles. The van der Waals surface area contributed by atoms with E-state index in [-0.39, 0.29) is 64.7 Å². The van der Waals surface area contributed by atoms with E-state index in [1.807, 2.05) is 0 Å². The molecular weight excluding hydrogens is 909 g/mol. The van der Waals surface area contributed by atoms with Crippen molar-refractivity contribution in [1.29, 1.82) is 0 Å². The van der Waals surface area contributed by atoms with Gasteiger partial charge in [0.05, 0.1) is 44.1 Å². The molecule has 4 amide bonds. The van der Waals surface area contributed by atoms with Crippen LogP contribution in [-0.4, -0.2) is 110 Å². The topological polar surface area (TPSA) is 305 Å². The van der Waals surface area contributed by atoms with Crippen molar-refractivity contribution >= 4 is 83.8 Å². The standard InChI is InChI=1S/C46H54N6O13S2/c1-7-29(53)20-25(4)44(58)49-27(6)46(60)52-18-11-16-34(52)45(59)51-40(24(2)3)35(54)21-26(5)43(57)48-17-19-66(61,62)30-13-10-12-28(22-30)50-33-23-36(67(63,64)65)39(47)38-37(33)41(55)31-14-8-9-15-32(31)42(38)56/h7-10,12-15,22-27,34,40,50H,1,11,16-21,47H2,2-6H3,(H,48,57)(H,49,58)(H,51,59)(H,63,64,65)/p-1. The van der Waals surface area contributed by atoms with Crippen molar-refractivity contribution < 1.29 is 59.7 Å². The zero-order chi connectivity index (χ0) is 49.7. The number of carbonyl (C=O) groups excluding carboxylic acids is 8. The van der Waals surface area contributed by atoms with Crippen LogP contribution < -0.4 is 27.0 Å². The quantitative estimate of drug-likeness (QED) is 0.0483. The summed E-state index contributed by atoms with van der Waals surface area (Å²) in [5, 5.41) is 10.6. The summed E-state index contributed by atoms with van der Waals surface area (Å²) in [7, 11) is -9.40. The first-order valence-electron chi connectivity index (χ1n) is 21.4. The van der Waals surface area contributed by atoms with Gasteiger partial charge in [-0.25, -0.2) is 16.8 Å². The Hall–Kier alpha value is -6.58. The molecule has 21 heteroatoms. The van der Waals surface area contributed by atoms with Gasteiger partial charge in [0.25, 0.3) is 0 Å². The molecule has 3 aromatic rings. The van der Waals surface area contributed by atoms with E-state index in [1.165, 1.54) is 67.3 Å². The molecule has 1 aliphatic heterocycles. The Kier molecular flexibility index (Phi) is 16.1. The number of nitrogens with zero attached hydrogens (tertiary/aromatic N) is 1. The normalized spacial score (nSPS) is 16.5. The number of rotatable bonds is 20. The summed E-state index contributed by atoms with van der Waals surface area (Å²) in [6, 6.07) is 8.81. The first kappa shape index (κ1) is 51.4. The number of benzene rings is 3. The number of nitrogens with two attached hydrogens (primary N) is 1. The molecule has 6 N–H and O–H groups in total. The fourth-order valence-electron chi connectivity index (χ4n) is 7.96. The van der Waals surface area contributed by atoms with Gasteiger partial charge in [-0.3, -0.25) is 38.4 Å². The molecule has 67 heavy (non-hydrogen) atoms. The van der Waals surface area contributed by atoms with Gasteiger partial charge in [-0.15, -0.1) is 0 Å². The highest BCUT2D eigenvalue weighted by molar-refractivity contribution is 7.91. The van der Waals surface area contributed by atoms with Gasteiger partial charge in [-0.2, -0.15) is 0 Å². The molecule has 0 radical (unpaired) electrons. The highest BCUT2D eigenvalue weighted by atomic mass is 32.2. The molecule has 0 spiro atoms. The van der Waals surface area contributed by atoms with E-state index in [2.05, 4.69) is 27.8 Å². The first-order chi connectivity index (χ1) is 31.4. The van der Waals surface area contributed by atoms with Crippen LogP contribution in [0.4, 0.5) is 17.1 Å². The van der Waals surface area contributed by atoms with Gasteiger partial charge >= 0.3 is 0 Å². The predicted octanol–water partition coefficient (Wildman–Crippen LogP) is 2.59. The average molecular weight is 962 g/mol. The van der Waals surface area contributed by atoms with Crippen LogP contribution in [0.15, 0.2) is 77.0 Å². The number of amides is 4. The van der Waals surface area contributed by atoms with E-state index < -0.39 is 119 Å². The lowest BCUT2D eigenvalue weighted by Crippen LogP contribution is -2.56. The minimum Gasteiger partial charge on any atom is -0.744 e. The van der Waals surface area contributed by atoms with Crippen LogP contribution in [0.1, 0.15) is 92.1 Å². The van der Waals surface area contributed by atoms with Crippen molar-refractivity contribution in [2.24, 2.45) is 17.8 Å². The molecule has 0 saturated carbocycles. The smallest absolute Gasteiger partial charge is 0.245 e. The van der Waals surface area contributed by atoms with Crippen molar-refractivity contribution in [3.05, 3.63) is 89.5 Å². The van der Waals surface area contributed by atoms with Gasteiger partial charge in [0, 0.05) is 54.6 Å². The van der Waals surface area contributed by atoms with Crippen LogP contribution in [-0.2, 0) is 48.7 Å². The second-order valence-corrected chi connectivity index (χ2v) is 20.5. The fraction of sp³-hybridized carbons (Fsp3) is 0.391. The minimum absolute atomic E-state index is 0.00679. The van der Waals surface area contributed by atoms with Crippen LogP contribution >= 0.6 is 0 Å². The van der Waals surface area contributed by atoms with E-state index in [4.69, 9.17) is 5.73 Å². The highest BCUT2D eigenvalue weighted by Crippen LogP contribution is 2.40. The molecule has 19 nitrogen and oxygen atoms in total. The van der Waals surface area contributed by atoms with Crippen molar-refractivity contribution in [2.75, 3.05) is 29.9 Å². The van der Waals surface area contributed by atoms with E-state index in [0.29, 0.717) is 12.8 Å². The minimum atomic E-state index is -5.27. The third-order valence-corrected chi connectivity index (χ3v) is 14.2. The maximum absolute atomic E-state index is 13.7. The Morgan fingerprint density at radius 2 is 1.48 bits per heavy atom. The summed E-state index contributed by atoms with van der Waals surface area (Å²) < 4.78 is 63.7. The molecule has 2 aliphatic rings. The Bertz CT molecular complexity index is 2770. The van der Waals surface area contributed by atoms with Gasteiger partial charge < -0.3 is 36.5 Å². The monoisotopic (exact) mass is 961 g/mol. The molecular formula is C46H53N6O13S2-. The molecule has 0 bridgehead atoms. The maximum Gasteiger partial charge on any atom is 0.245 e. The van der Waals surface area contributed by atoms with Crippen LogP contribution in [0.25, 0.3) is 0 Å². The SMILES string of the molecule is C=CC(=O)CC(C)C(=O)NC(C)C(=O)N1CCCC1C(=O)NC(C(=O)CC(C)C(=O)NCCS(=O)(=O)c1cccc(Nc2cc(S(=O)(=O)[O-])c(N)c3c2C(=O)c2ccccc2C3=O)c1)C(C)C. The number of nitrogen functional groups attached to an aromatic ring is 1. The number of Topliss-reactive ketones (excluding diaryl/α,β-unsaturated/α-hetero) is 1. The van der Waals surface area contributed by atoms with E-state index >= 15 is 0 Å². The van der Waals surface area contributed by atoms with Crippen LogP contribution in [0, 0.1) is 17.8 Å². The summed E-state index contributed by atoms with van der Waals surface area (Å²) in [5.41, 5.74) is 4.21. The number of carbonyl (C=O) groups is 8. The summed E-state index contributed by atoms with van der Waals surface area (Å²) in [6.07, 6.45) is 1.52. The largest absolute Gasteiger partial charge is 0.744 e. The molecule has 1 aliphatic carbocycles. The van der Waals surface area contributed by atoms with E-state index in [9.17, 15) is 59.7 Å². The molecule has 358 valence electrons. The molecule has 5 rings (SSSR count). The van der Waals surface area contributed by atoms with Crippen LogP contribution in [0.3, 0.4) is 0 Å². The van der Waals surface area contributed by atoms with Crippen LogP contribution in [0.2, 0.25) is 0 Å². The Morgan fingerprint density at radius 3 is 2.09 bits per heavy atom. The Labute approximate surface area is 388 Å². The van der Waals surface area contributed by atoms with E-state index in [1.54, 1.807) is 20.8 Å². The van der Waals surface area contributed by atoms with Crippen molar-refractivity contribution in [3.63, 3.8) is 0 Å². The summed E-state index contributed by atoms with van der Waals surface area (Å²) in [4.78, 5) is 105. The first-order valence-corrected chi connectivity index (χ1v) is 24.5. The number of fused-ring (bicyclic) bond motifs is 2. The van der Waals surface area contributed by atoms with Crippen LogP contribution in [0.5, 0.6) is 0 Å². The number of hydrogen-bond acceptors (Lipinski definition) is 15. The van der Waals surface area contributed by atoms with Gasteiger partial charge in [-0.1, -0.05) is 64.6 Å². The number of hydrogen-bond donors (Lipinski definition) is 5. The van der Waals surface area contributed by atoms with Gasteiger partial charge in [0.1, 0.15) is 22.2 Å². The number of allylic oxidation sites excluding steroid dienone is 1. The van der Waals surface area contributed by atoms with Crippen molar-refractivity contribution in [2.45, 2.75) is 88.2 Å². The molecule has 1 heterocycles. The number of anilines is 3. The second kappa shape index (κ2) is 20.9. The second-order valence-electron chi connectivity index (χ2n) is 17.0. The lowest BCUT2D eigenvalue weighted by molar-refractivity contribution is -0.142. The van der Waals surface area contributed by atoms with Gasteiger partial charge in [0.2, 0.25) is 23.6 Å². The molecule has 0 aromatic heterocycles. The molecule has 1 saturated heterocycles. The molecule has 1 fully saturated rings. The summed E-state index contributed by atoms with van der Waals surface area (Å²) in [6.45, 7) is 11.2. The lowest BCUT2D eigenvalue weighted by atomic mass is 9.82. The summed E-state index contributed by atoms with van der Waals surface area (Å²) >= 11 is 0. The van der Waals surface area contributed by atoms with Gasteiger partial charge in [0.15, 0.2) is 33.0 Å². The summed E-state index contributed by atoms with van der Waals surface area (Å²) in [5.74, 6) is -7.19. The van der Waals surface area contributed by atoms with Crippen molar-refractivity contribution in [3.8, 4) is 0 Å². The van der Waals surface area contributed by atoms with E-state index in [0.717, 1.165) is 12.1 Å². The number of likely N-dealkylation sites (tertiary alicyclic amines) is 1. The fourth-order valence-corrected chi connectivity index (χ4v) is 9.79. The number of nitrogens with one attached hydrogen (secondary N) is 4. The Morgan fingerprint density at radius 1 is 0.851 bits per heavy atom. The maximum atomic E-state index is 13.7. The predicted molar refractivity (Wildman–Crippen MR) is 244 cm³/mol. The third kappa shape index (κ3) is 11.7. The van der Waals surface area contributed by atoms with Gasteiger partial charge in [-0.05, 0) is 56.0 Å².